The number of aromatic nitrogens is 2. The summed E-state index contributed by atoms with van der Waals surface area (Å²) >= 11 is 0. The van der Waals surface area contributed by atoms with Crippen LogP contribution in [0, 0.1) is 5.82 Å². The number of rotatable bonds is 5. The highest BCUT2D eigenvalue weighted by Gasteiger charge is 2.29. The molecule has 0 aliphatic carbocycles. The minimum absolute atomic E-state index is 0.000672. The smallest absolute Gasteiger partial charge is 0.407 e. The van der Waals surface area contributed by atoms with Gasteiger partial charge in [0.2, 0.25) is 0 Å². The van der Waals surface area contributed by atoms with Crippen LogP contribution in [0.25, 0.3) is 16.8 Å². The van der Waals surface area contributed by atoms with Gasteiger partial charge in [0, 0.05) is 18.7 Å². The Balaban J connectivity index is 1.74. The van der Waals surface area contributed by atoms with Gasteiger partial charge in [-0.3, -0.25) is 9.20 Å². The van der Waals surface area contributed by atoms with E-state index in [2.05, 4.69) is 10.3 Å². The number of ether oxygens (including phenoxy) is 2. The van der Waals surface area contributed by atoms with Crippen LogP contribution >= 0.6 is 0 Å². The van der Waals surface area contributed by atoms with Crippen molar-refractivity contribution in [2.75, 3.05) is 25.1 Å². The Kier molecular flexibility index (Phi) is 6.57. The molecule has 0 spiro atoms. The molecule has 36 heavy (non-hydrogen) atoms. The molecular formula is C25H27FN4O6. The maximum absolute atomic E-state index is 15.2. The first-order chi connectivity index (χ1) is 17.0. The SMILES string of the molecule is COc1ccc(-c2cc(C(=O)O)c(=O)n3cc(F)c(N4CCC(NC(=O)OC(C)(C)C)C4)nc23)cc1. The van der Waals surface area contributed by atoms with Crippen LogP contribution in [-0.2, 0) is 4.74 Å². The molecule has 1 fully saturated rings. The van der Waals surface area contributed by atoms with Gasteiger partial charge < -0.3 is 24.8 Å². The molecule has 4 rings (SSSR count). The molecule has 2 aromatic heterocycles. The number of halogens is 1. The number of carboxylic acid groups (broad SMARTS) is 1. The lowest BCUT2D eigenvalue weighted by molar-refractivity contribution is 0.0508. The summed E-state index contributed by atoms with van der Waals surface area (Å²) in [7, 11) is 1.52. The monoisotopic (exact) mass is 498 g/mol. The number of carboxylic acids is 1. The molecule has 1 saturated heterocycles. The van der Waals surface area contributed by atoms with Crippen molar-refractivity contribution in [1.29, 1.82) is 0 Å². The number of nitrogens with one attached hydrogen (secondary N) is 1. The van der Waals surface area contributed by atoms with Crippen LogP contribution in [0.2, 0.25) is 0 Å². The first kappa shape index (κ1) is 25.0. The zero-order chi connectivity index (χ0) is 26.2. The Morgan fingerprint density at radius 2 is 1.92 bits per heavy atom. The molecule has 1 amide bonds. The van der Waals surface area contributed by atoms with Gasteiger partial charge in [0.1, 0.15) is 22.6 Å². The lowest BCUT2D eigenvalue weighted by atomic mass is 10.0. The summed E-state index contributed by atoms with van der Waals surface area (Å²) in [6, 6.07) is 7.74. The first-order valence-electron chi connectivity index (χ1n) is 11.3. The minimum atomic E-state index is -1.43. The third-order valence-electron chi connectivity index (χ3n) is 5.71. The highest BCUT2D eigenvalue weighted by atomic mass is 19.1. The lowest BCUT2D eigenvalue weighted by Crippen LogP contribution is -2.40. The van der Waals surface area contributed by atoms with Gasteiger partial charge >= 0.3 is 12.1 Å². The molecule has 10 nitrogen and oxygen atoms in total. The Morgan fingerprint density at radius 3 is 2.53 bits per heavy atom. The van der Waals surface area contributed by atoms with Crippen LogP contribution in [0.1, 0.15) is 37.6 Å². The number of amides is 1. The molecule has 1 atom stereocenters. The van der Waals surface area contributed by atoms with Crippen LogP contribution in [0.15, 0.2) is 41.3 Å². The van der Waals surface area contributed by atoms with Gasteiger partial charge in [-0.05, 0) is 51.0 Å². The first-order valence-corrected chi connectivity index (χ1v) is 11.3. The van der Waals surface area contributed by atoms with Gasteiger partial charge in [0.25, 0.3) is 5.56 Å². The van der Waals surface area contributed by atoms with Gasteiger partial charge in [0.05, 0.1) is 19.3 Å². The number of pyridine rings is 1. The van der Waals surface area contributed by atoms with E-state index in [1.807, 2.05) is 0 Å². The quantitative estimate of drug-likeness (QED) is 0.549. The van der Waals surface area contributed by atoms with Crippen molar-refractivity contribution in [1.82, 2.24) is 14.7 Å². The third kappa shape index (κ3) is 5.09. The zero-order valence-electron chi connectivity index (χ0n) is 20.4. The summed E-state index contributed by atoms with van der Waals surface area (Å²) < 4.78 is 26.6. The Bertz CT molecular complexity index is 1380. The fourth-order valence-electron chi connectivity index (χ4n) is 4.09. The maximum atomic E-state index is 15.2. The highest BCUT2D eigenvalue weighted by Crippen LogP contribution is 2.29. The van der Waals surface area contributed by atoms with Gasteiger partial charge in [-0.1, -0.05) is 12.1 Å². The Labute approximate surface area is 206 Å². The van der Waals surface area contributed by atoms with Crippen LogP contribution < -0.4 is 20.5 Å². The second-order valence-electron chi connectivity index (χ2n) is 9.49. The molecule has 190 valence electrons. The van der Waals surface area contributed by atoms with E-state index in [0.717, 1.165) is 10.6 Å². The van der Waals surface area contributed by atoms with Crippen molar-refractivity contribution in [2.45, 2.75) is 38.8 Å². The summed E-state index contributed by atoms with van der Waals surface area (Å²) in [4.78, 5) is 42.8. The molecule has 3 heterocycles. The van der Waals surface area contributed by atoms with E-state index in [1.54, 1.807) is 49.9 Å². The average Bonchev–Trinajstić information content (AvgIpc) is 3.26. The number of carbonyl (C=O) groups excluding carboxylic acids is 1. The average molecular weight is 499 g/mol. The molecule has 1 aliphatic heterocycles. The Morgan fingerprint density at radius 1 is 1.22 bits per heavy atom. The largest absolute Gasteiger partial charge is 0.497 e. The molecule has 2 N–H and O–H groups in total. The van der Waals surface area contributed by atoms with E-state index in [1.165, 1.54) is 13.2 Å². The standard InChI is InChI=1S/C25H27FN4O6/c1-25(2,3)36-24(34)27-15-9-10-29(12-15)21-19(26)13-30-20(28-21)17(11-18(22(30)31)23(32)33)14-5-7-16(35-4)8-6-14/h5-8,11,13,15H,9-10,12H2,1-4H3,(H,27,34)(H,32,33). The molecule has 0 saturated carbocycles. The van der Waals surface area contributed by atoms with Crippen molar-refractivity contribution in [3.8, 4) is 16.9 Å². The van der Waals surface area contributed by atoms with E-state index >= 15 is 4.39 Å². The molecular weight excluding hydrogens is 471 g/mol. The van der Waals surface area contributed by atoms with Crippen LogP contribution in [0.4, 0.5) is 15.0 Å². The molecule has 0 radical (unpaired) electrons. The van der Waals surface area contributed by atoms with Gasteiger partial charge in [-0.25, -0.2) is 19.0 Å². The number of anilines is 1. The van der Waals surface area contributed by atoms with Crippen molar-refractivity contribution < 1.29 is 28.6 Å². The maximum Gasteiger partial charge on any atom is 0.407 e. The summed E-state index contributed by atoms with van der Waals surface area (Å²) in [5.74, 6) is -1.62. The number of alkyl carbamates (subject to hydrolysis) is 1. The number of hydrogen-bond acceptors (Lipinski definition) is 7. The Hall–Kier alpha value is -4.15. The third-order valence-corrected chi connectivity index (χ3v) is 5.71. The summed E-state index contributed by atoms with van der Waals surface area (Å²) in [5.41, 5.74) is -1.01. The number of benzene rings is 1. The highest BCUT2D eigenvalue weighted by molar-refractivity contribution is 5.91. The molecule has 1 unspecified atom stereocenters. The fraction of sp³-hybridized carbons (Fsp3) is 0.360. The molecule has 1 aliphatic rings. The summed E-state index contributed by atoms with van der Waals surface area (Å²) in [6.07, 6.45) is 0.936. The second kappa shape index (κ2) is 9.48. The minimum Gasteiger partial charge on any atom is -0.497 e. The number of carbonyl (C=O) groups is 2. The number of hydrogen-bond donors (Lipinski definition) is 2. The van der Waals surface area contributed by atoms with Crippen molar-refractivity contribution in [3.05, 3.63) is 58.3 Å². The number of nitrogens with zero attached hydrogens (tertiary/aromatic N) is 3. The van der Waals surface area contributed by atoms with E-state index in [9.17, 15) is 19.5 Å². The van der Waals surface area contributed by atoms with Crippen molar-refractivity contribution >= 4 is 23.5 Å². The van der Waals surface area contributed by atoms with E-state index in [0.29, 0.717) is 29.8 Å². The van der Waals surface area contributed by atoms with E-state index in [4.69, 9.17) is 9.47 Å². The van der Waals surface area contributed by atoms with Crippen LogP contribution in [0.5, 0.6) is 5.75 Å². The topological polar surface area (TPSA) is 122 Å². The van der Waals surface area contributed by atoms with Crippen LogP contribution in [-0.4, -0.2) is 58.4 Å². The molecule has 11 heteroatoms. The number of methoxy groups -OCH3 is 1. The zero-order valence-corrected chi connectivity index (χ0v) is 20.4. The van der Waals surface area contributed by atoms with Crippen LogP contribution in [0.3, 0.4) is 0 Å². The number of fused-ring (bicyclic) bond motifs is 1. The van der Waals surface area contributed by atoms with E-state index < -0.39 is 34.6 Å². The predicted molar refractivity (Wildman–Crippen MR) is 130 cm³/mol. The van der Waals surface area contributed by atoms with E-state index in [-0.39, 0.29) is 24.1 Å². The summed E-state index contributed by atoms with van der Waals surface area (Å²) in [6.45, 7) is 5.99. The molecule has 3 aromatic rings. The fourth-order valence-corrected chi connectivity index (χ4v) is 4.09. The molecule has 1 aromatic carbocycles. The predicted octanol–water partition coefficient (Wildman–Crippen LogP) is 3.31. The van der Waals surface area contributed by atoms with Gasteiger partial charge in [0.15, 0.2) is 11.6 Å². The number of aromatic carboxylic acids is 1. The van der Waals surface area contributed by atoms with Crippen molar-refractivity contribution in [3.63, 3.8) is 0 Å². The second-order valence-corrected chi connectivity index (χ2v) is 9.49. The van der Waals surface area contributed by atoms with Gasteiger partial charge in [-0.15, -0.1) is 0 Å². The molecule has 0 bridgehead atoms. The van der Waals surface area contributed by atoms with Crippen molar-refractivity contribution in [2.24, 2.45) is 0 Å². The van der Waals surface area contributed by atoms with Gasteiger partial charge in [-0.2, -0.15) is 0 Å². The normalized spacial score (nSPS) is 15.7. The lowest BCUT2D eigenvalue weighted by Gasteiger charge is -2.22. The summed E-state index contributed by atoms with van der Waals surface area (Å²) in [5, 5.41) is 12.3.